The van der Waals surface area contributed by atoms with Crippen LogP contribution in [-0.2, 0) is 9.53 Å². The summed E-state index contributed by atoms with van der Waals surface area (Å²) >= 11 is 2.07. The molecule has 0 saturated heterocycles. The van der Waals surface area contributed by atoms with E-state index >= 15 is 0 Å². The summed E-state index contributed by atoms with van der Waals surface area (Å²) in [6.07, 6.45) is 4.67. The summed E-state index contributed by atoms with van der Waals surface area (Å²) < 4.78 is 5.28. The van der Waals surface area contributed by atoms with E-state index in [4.69, 9.17) is 4.74 Å². The number of rotatable bonds is 3. The van der Waals surface area contributed by atoms with Crippen LogP contribution in [0.15, 0.2) is 24.8 Å². The SMILES string of the molecule is C=CC1C=CC(C(=O)NBI)O1. The highest BCUT2D eigenvalue weighted by molar-refractivity contribution is 14.1. The van der Waals surface area contributed by atoms with E-state index in [0.29, 0.717) is 5.27 Å². The molecule has 0 aromatic heterocycles. The number of ether oxygens (including phenoxy) is 1. The van der Waals surface area contributed by atoms with Gasteiger partial charge in [0.25, 0.3) is 0 Å². The number of nitrogens with one attached hydrogen (secondary N) is 1. The van der Waals surface area contributed by atoms with Crippen molar-refractivity contribution in [3.8, 4) is 0 Å². The quantitative estimate of drug-likeness (QED) is 0.458. The van der Waals surface area contributed by atoms with Gasteiger partial charge < -0.3 is 9.96 Å². The Kier molecular flexibility index (Phi) is 3.80. The third kappa shape index (κ3) is 2.35. The van der Waals surface area contributed by atoms with Crippen molar-refractivity contribution in [2.45, 2.75) is 12.2 Å². The maximum absolute atomic E-state index is 11.2. The zero-order valence-electron chi connectivity index (χ0n) is 6.50. The minimum atomic E-state index is -0.442. The summed E-state index contributed by atoms with van der Waals surface area (Å²) in [5.41, 5.74) is 0. The number of carbonyl (C=O) groups excluding carboxylic acids is 1. The van der Waals surface area contributed by atoms with Crippen LogP contribution in [0.25, 0.3) is 0 Å². The summed E-state index contributed by atoms with van der Waals surface area (Å²) in [6.45, 7) is 3.57. The second kappa shape index (κ2) is 4.66. The topological polar surface area (TPSA) is 38.3 Å². The van der Waals surface area contributed by atoms with E-state index in [9.17, 15) is 4.79 Å². The van der Waals surface area contributed by atoms with Gasteiger partial charge in [0.2, 0.25) is 5.91 Å². The lowest BCUT2D eigenvalue weighted by molar-refractivity contribution is -0.127. The van der Waals surface area contributed by atoms with E-state index in [1.165, 1.54) is 0 Å². The summed E-state index contributed by atoms with van der Waals surface area (Å²) in [7, 11) is 0. The van der Waals surface area contributed by atoms with Crippen LogP contribution in [0.1, 0.15) is 0 Å². The molecule has 1 amide bonds. The molecule has 1 aliphatic heterocycles. The lowest BCUT2D eigenvalue weighted by Gasteiger charge is -2.09. The standard InChI is InChI=1S/C7H9BINO2/c1-2-5-3-4-6(12-5)7(11)10-8-9/h2-6,8H,1H2,(H,10,11). The van der Waals surface area contributed by atoms with E-state index in [2.05, 4.69) is 34.2 Å². The molecule has 0 aromatic rings. The first-order chi connectivity index (χ1) is 5.77. The first-order valence-corrected chi connectivity index (χ1v) is 5.10. The number of hydrogen-bond donors (Lipinski definition) is 1. The Morgan fingerprint density at radius 3 is 3.00 bits per heavy atom. The molecule has 3 nitrogen and oxygen atoms in total. The lowest BCUT2D eigenvalue weighted by Crippen LogP contribution is -2.35. The Morgan fingerprint density at radius 2 is 2.50 bits per heavy atom. The third-order valence-electron chi connectivity index (χ3n) is 1.51. The predicted molar refractivity (Wildman–Crippen MR) is 57.3 cm³/mol. The van der Waals surface area contributed by atoms with Crippen molar-refractivity contribution < 1.29 is 9.53 Å². The second-order valence-corrected chi connectivity index (χ2v) is 3.08. The van der Waals surface area contributed by atoms with Gasteiger partial charge in [-0.1, -0.05) is 12.2 Å². The Hall–Kier alpha value is -0.295. The van der Waals surface area contributed by atoms with E-state index in [0.717, 1.165) is 0 Å². The molecule has 0 spiro atoms. The molecule has 5 heteroatoms. The fourth-order valence-corrected chi connectivity index (χ4v) is 1.30. The molecule has 0 radical (unpaired) electrons. The average Bonchev–Trinajstić information content (AvgIpc) is 2.52. The molecule has 2 unspecified atom stereocenters. The zero-order valence-corrected chi connectivity index (χ0v) is 8.65. The number of amides is 1. The number of carbonyl (C=O) groups is 1. The fraction of sp³-hybridized carbons (Fsp3) is 0.286. The fourth-order valence-electron chi connectivity index (χ4n) is 0.920. The van der Waals surface area contributed by atoms with Crippen LogP contribution in [0.4, 0.5) is 0 Å². The molecule has 1 aliphatic rings. The van der Waals surface area contributed by atoms with Gasteiger partial charge in [-0.15, -0.1) is 29.0 Å². The van der Waals surface area contributed by atoms with Gasteiger partial charge in [-0.3, -0.25) is 4.79 Å². The van der Waals surface area contributed by atoms with Gasteiger partial charge in [0.1, 0.15) is 0 Å². The first-order valence-electron chi connectivity index (χ1n) is 3.58. The van der Waals surface area contributed by atoms with Gasteiger partial charge in [-0.05, 0) is 6.08 Å². The van der Waals surface area contributed by atoms with Crippen LogP contribution >= 0.6 is 22.4 Å². The van der Waals surface area contributed by atoms with Crippen molar-refractivity contribution in [1.29, 1.82) is 0 Å². The van der Waals surface area contributed by atoms with Gasteiger partial charge in [0.15, 0.2) is 6.10 Å². The molecule has 2 atom stereocenters. The molecule has 1 N–H and O–H groups in total. The van der Waals surface area contributed by atoms with Crippen molar-refractivity contribution in [3.05, 3.63) is 24.8 Å². The van der Waals surface area contributed by atoms with Crippen LogP contribution in [0, 0.1) is 0 Å². The van der Waals surface area contributed by atoms with Crippen LogP contribution in [-0.4, -0.2) is 23.4 Å². The summed E-state index contributed by atoms with van der Waals surface area (Å²) in [5, 5.41) is 3.27. The Labute approximate surface area is 85.4 Å². The molecule has 1 rings (SSSR count). The number of halogens is 1. The van der Waals surface area contributed by atoms with Crippen molar-refractivity contribution in [1.82, 2.24) is 5.23 Å². The predicted octanol–water partition coefficient (Wildman–Crippen LogP) is 0.314. The van der Waals surface area contributed by atoms with E-state index in [1.54, 1.807) is 12.2 Å². The molecular formula is C7H9BINO2. The van der Waals surface area contributed by atoms with E-state index in [1.807, 2.05) is 6.08 Å². The highest BCUT2D eigenvalue weighted by Gasteiger charge is 2.22. The molecule has 1 heterocycles. The summed E-state index contributed by atoms with van der Waals surface area (Å²) in [4.78, 5) is 11.2. The smallest absolute Gasteiger partial charge is 0.309 e. The largest absolute Gasteiger partial charge is 0.390 e. The Morgan fingerprint density at radius 1 is 1.75 bits per heavy atom. The monoisotopic (exact) mass is 277 g/mol. The molecule has 12 heavy (non-hydrogen) atoms. The Balaban J connectivity index is 2.42. The normalized spacial score (nSPS) is 26.8. The van der Waals surface area contributed by atoms with Crippen molar-refractivity contribution in [2.24, 2.45) is 0 Å². The summed E-state index contributed by atoms with van der Waals surface area (Å²) in [5.74, 6) is -0.0926. The van der Waals surface area contributed by atoms with Gasteiger partial charge >= 0.3 is 5.27 Å². The maximum Gasteiger partial charge on any atom is 0.309 e. The molecule has 0 aromatic carbocycles. The third-order valence-corrected chi connectivity index (χ3v) is 1.89. The average molecular weight is 277 g/mol. The minimum Gasteiger partial charge on any atom is -0.390 e. The van der Waals surface area contributed by atoms with Crippen molar-refractivity contribution >= 4 is 33.6 Å². The molecule has 64 valence electrons. The van der Waals surface area contributed by atoms with Crippen LogP contribution in [0.2, 0.25) is 0 Å². The molecule has 0 aliphatic carbocycles. The second-order valence-electron chi connectivity index (χ2n) is 2.32. The maximum atomic E-state index is 11.2. The number of hydrogen-bond acceptors (Lipinski definition) is 2. The van der Waals surface area contributed by atoms with Crippen LogP contribution in [0.5, 0.6) is 0 Å². The zero-order chi connectivity index (χ0) is 8.97. The molecule has 0 bridgehead atoms. The highest BCUT2D eigenvalue weighted by Crippen LogP contribution is 2.11. The molecule has 0 saturated carbocycles. The van der Waals surface area contributed by atoms with E-state index < -0.39 is 6.10 Å². The molecular weight excluding hydrogens is 268 g/mol. The van der Waals surface area contributed by atoms with Crippen LogP contribution in [0.3, 0.4) is 0 Å². The highest BCUT2D eigenvalue weighted by atomic mass is 127. The van der Waals surface area contributed by atoms with Crippen LogP contribution < -0.4 is 5.23 Å². The summed E-state index contributed by atoms with van der Waals surface area (Å²) in [6, 6.07) is 0. The van der Waals surface area contributed by atoms with Gasteiger partial charge in [0, 0.05) is 0 Å². The van der Waals surface area contributed by atoms with Gasteiger partial charge in [0.05, 0.1) is 6.10 Å². The molecule has 0 fully saturated rings. The van der Waals surface area contributed by atoms with Crippen molar-refractivity contribution in [3.63, 3.8) is 0 Å². The first kappa shape index (κ1) is 9.79. The lowest BCUT2D eigenvalue weighted by atomic mass is 10.3. The van der Waals surface area contributed by atoms with Gasteiger partial charge in [-0.2, -0.15) is 0 Å². The van der Waals surface area contributed by atoms with Crippen molar-refractivity contribution in [2.75, 3.05) is 0 Å². The van der Waals surface area contributed by atoms with E-state index in [-0.39, 0.29) is 12.0 Å². The van der Waals surface area contributed by atoms with Gasteiger partial charge in [-0.25, -0.2) is 0 Å². The minimum absolute atomic E-state index is 0.0926. The Bertz CT molecular complexity index is 219.